The first-order valence-corrected chi connectivity index (χ1v) is 7.04. The summed E-state index contributed by atoms with van der Waals surface area (Å²) in [6.45, 7) is 2.14. The smallest absolute Gasteiger partial charge is 0.171 e. The normalized spacial score (nSPS) is 10.6. The van der Waals surface area contributed by atoms with Crippen LogP contribution in [-0.4, -0.2) is 9.97 Å². The van der Waals surface area contributed by atoms with Crippen LogP contribution in [0, 0.1) is 3.57 Å². The number of hydrogen-bond donors (Lipinski definition) is 1. The van der Waals surface area contributed by atoms with E-state index in [9.17, 15) is 0 Å². The molecule has 0 bridgehead atoms. The number of thiophene rings is 1. The average molecular weight is 345 g/mol. The maximum Gasteiger partial charge on any atom is 0.171 e. The van der Waals surface area contributed by atoms with Gasteiger partial charge in [0.2, 0.25) is 0 Å². The molecule has 2 heterocycles. The number of aryl methyl sites for hydroxylation is 1. The van der Waals surface area contributed by atoms with Crippen LogP contribution in [0.25, 0.3) is 10.7 Å². The highest BCUT2D eigenvalue weighted by Gasteiger charge is 2.11. The Labute approximate surface area is 112 Å². The van der Waals surface area contributed by atoms with Crippen LogP contribution in [0.5, 0.6) is 0 Å². The Morgan fingerprint density at radius 3 is 2.88 bits per heavy atom. The van der Waals surface area contributed by atoms with E-state index in [0.717, 1.165) is 32.8 Å². The molecule has 0 fully saturated rings. The quantitative estimate of drug-likeness (QED) is 0.868. The molecule has 2 N–H and O–H groups in total. The summed E-state index contributed by atoms with van der Waals surface area (Å²) >= 11 is 3.85. The first kappa shape index (κ1) is 11.8. The third-order valence-electron chi connectivity index (χ3n) is 2.17. The zero-order chi connectivity index (χ0) is 11.5. The highest BCUT2D eigenvalue weighted by atomic mass is 127. The van der Waals surface area contributed by atoms with E-state index in [4.69, 9.17) is 5.73 Å². The summed E-state index contributed by atoms with van der Waals surface area (Å²) in [6, 6.07) is 4.01. The minimum Gasteiger partial charge on any atom is -0.383 e. The first-order valence-electron chi connectivity index (χ1n) is 5.08. The minimum atomic E-state index is 0.586. The van der Waals surface area contributed by atoms with Gasteiger partial charge in [0.15, 0.2) is 5.82 Å². The molecule has 0 spiro atoms. The van der Waals surface area contributed by atoms with Crippen LogP contribution in [0.3, 0.4) is 0 Å². The number of rotatable bonds is 3. The topological polar surface area (TPSA) is 51.8 Å². The Balaban J connectivity index is 2.48. The molecule has 2 aromatic rings. The molecule has 0 unspecified atom stereocenters. The number of nitrogens with zero attached hydrogens (tertiary/aromatic N) is 2. The van der Waals surface area contributed by atoms with E-state index < -0.39 is 0 Å². The SMILES string of the molecule is CCCc1nc(-c2cccs2)nc(N)c1I. The second-order valence-corrected chi connectivity index (χ2v) is 5.45. The monoisotopic (exact) mass is 345 g/mol. The third kappa shape index (κ3) is 2.35. The van der Waals surface area contributed by atoms with Gasteiger partial charge >= 0.3 is 0 Å². The molecular formula is C11H12IN3S. The van der Waals surface area contributed by atoms with Gasteiger partial charge in [-0.1, -0.05) is 19.4 Å². The molecule has 2 rings (SSSR count). The summed E-state index contributed by atoms with van der Waals surface area (Å²) in [5.41, 5.74) is 6.96. The number of aromatic nitrogens is 2. The largest absolute Gasteiger partial charge is 0.383 e. The van der Waals surface area contributed by atoms with Gasteiger partial charge in [-0.15, -0.1) is 11.3 Å². The second kappa shape index (κ2) is 5.09. The Morgan fingerprint density at radius 2 is 2.25 bits per heavy atom. The lowest BCUT2D eigenvalue weighted by Gasteiger charge is -2.06. The summed E-state index contributed by atoms with van der Waals surface area (Å²) in [5.74, 6) is 1.33. The Kier molecular flexibility index (Phi) is 3.75. The van der Waals surface area contributed by atoms with Gasteiger partial charge in [0.05, 0.1) is 14.1 Å². The first-order chi connectivity index (χ1) is 7.72. The van der Waals surface area contributed by atoms with Crippen LogP contribution in [0.2, 0.25) is 0 Å². The van der Waals surface area contributed by atoms with Gasteiger partial charge in [-0.2, -0.15) is 0 Å². The molecule has 84 valence electrons. The second-order valence-electron chi connectivity index (χ2n) is 3.42. The zero-order valence-electron chi connectivity index (χ0n) is 8.90. The molecule has 5 heteroatoms. The van der Waals surface area contributed by atoms with Gasteiger partial charge < -0.3 is 5.73 Å². The van der Waals surface area contributed by atoms with E-state index in [2.05, 4.69) is 39.5 Å². The maximum absolute atomic E-state index is 5.90. The van der Waals surface area contributed by atoms with Crippen molar-refractivity contribution >= 4 is 39.7 Å². The van der Waals surface area contributed by atoms with Crippen LogP contribution in [0.15, 0.2) is 17.5 Å². The van der Waals surface area contributed by atoms with E-state index in [1.165, 1.54) is 0 Å². The van der Waals surface area contributed by atoms with Crippen molar-refractivity contribution in [2.75, 3.05) is 5.73 Å². The molecule has 0 aromatic carbocycles. The lowest BCUT2D eigenvalue weighted by atomic mass is 10.2. The Hall–Kier alpha value is -0.690. The van der Waals surface area contributed by atoms with Gasteiger partial charge in [0, 0.05) is 0 Å². The summed E-state index contributed by atoms with van der Waals surface area (Å²) in [6.07, 6.45) is 2.01. The molecule has 0 saturated heterocycles. The summed E-state index contributed by atoms with van der Waals surface area (Å²) in [5, 5.41) is 2.02. The van der Waals surface area contributed by atoms with Crippen molar-refractivity contribution in [3.8, 4) is 10.7 Å². The number of anilines is 1. The summed E-state index contributed by atoms with van der Waals surface area (Å²) < 4.78 is 0.986. The Bertz CT molecular complexity index is 482. The van der Waals surface area contributed by atoms with Crippen molar-refractivity contribution in [3.63, 3.8) is 0 Å². The predicted molar refractivity (Wildman–Crippen MR) is 76.5 cm³/mol. The Morgan fingerprint density at radius 1 is 1.44 bits per heavy atom. The van der Waals surface area contributed by atoms with E-state index >= 15 is 0 Å². The fraction of sp³-hybridized carbons (Fsp3) is 0.273. The predicted octanol–water partition coefficient (Wildman–Crippen LogP) is 3.34. The van der Waals surface area contributed by atoms with Crippen LogP contribution in [0.1, 0.15) is 19.0 Å². The molecular weight excluding hydrogens is 333 g/mol. The molecule has 0 atom stereocenters. The van der Waals surface area contributed by atoms with E-state index in [0.29, 0.717) is 5.82 Å². The van der Waals surface area contributed by atoms with Crippen molar-refractivity contribution < 1.29 is 0 Å². The zero-order valence-corrected chi connectivity index (χ0v) is 11.9. The van der Waals surface area contributed by atoms with E-state index in [1.807, 2.05) is 17.5 Å². The minimum absolute atomic E-state index is 0.586. The van der Waals surface area contributed by atoms with Gasteiger partial charge in [-0.25, -0.2) is 9.97 Å². The van der Waals surface area contributed by atoms with Crippen LogP contribution in [0.4, 0.5) is 5.82 Å². The van der Waals surface area contributed by atoms with Crippen molar-refractivity contribution in [1.82, 2.24) is 9.97 Å². The van der Waals surface area contributed by atoms with Crippen molar-refractivity contribution in [1.29, 1.82) is 0 Å². The van der Waals surface area contributed by atoms with Gasteiger partial charge in [0.1, 0.15) is 5.82 Å². The van der Waals surface area contributed by atoms with E-state index in [1.54, 1.807) is 11.3 Å². The van der Waals surface area contributed by atoms with Gasteiger partial charge in [0.25, 0.3) is 0 Å². The van der Waals surface area contributed by atoms with Crippen LogP contribution >= 0.6 is 33.9 Å². The summed E-state index contributed by atoms with van der Waals surface area (Å²) in [4.78, 5) is 9.97. The van der Waals surface area contributed by atoms with Crippen molar-refractivity contribution in [3.05, 3.63) is 26.8 Å². The maximum atomic E-state index is 5.90. The molecule has 0 saturated carbocycles. The van der Waals surface area contributed by atoms with Crippen LogP contribution < -0.4 is 5.73 Å². The van der Waals surface area contributed by atoms with E-state index in [-0.39, 0.29) is 0 Å². The number of nitrogen functional groups attached to an aromatic ring is 1. The average Bonchev–Trinajstić information content (AvgIpc) is 2.78. The molecule has 0 aliphatic rings. The number of nitrogens with two attached hydrogens (primary N) is 1. The lowest BCUT2D eigenvalue weighted by molar-refractivity contribution is 0.870. The highest BCUT2D eigenvalue weighted by molar-refractivity contribution is 14.1. The molecule has 2 aromatic heterocycles. The third-order valence-corrected chi connectivity index (χ3v) is 4.21. The fourth-order valence-electron chi connectivity index (χ4n) is 1.43. The van der Waals surface area contributed by atoms with Gasteiger partial charge in [-0.3, -0.25) is 0 Å². The van der Waals surface area contributed by atoms with Crippen molar-refractivity contribution in [2.45, 2.75) is 19.8 Å². The number of halogens is 1. The highest BCUT2D eigenvalue weighted by Crippen LogP contribution is 2.25. The molecule has 0 radical (unpaired) electrons. The molecule has 0 amide bonds. The summed E-state index contributed by atoms with van der Waals surface area (Å²) in [7, 11) is 0. The van der Waals surface area contributed by atoms with Gasteiger partial charge in [-0.05, 0) is 40.5 Å². The molecule has 0 aliphatic carbocycles. The molecule has 3 nitrogen and oxygen atoms in total. The number of hydrogen-bond acceptors (Lipinski definition) is 4. The molecule has 16 heavy (non-hydrogen) atoms. The fourth-order valence-corrected chi connectivity index (χ4v) is 2.60. The lowest BCUT2D eigenvalue weighted by Crippen LogP contribution is -2.04. The van der Waals surface area contributed by atoms with Crippen LogP contribution in [-0.2, 0) is 6.42 Å². The van der Waals surface area contributed by atoms with Crippen molar-refractivity contribution in [2.24, 2.45) is 0 Å². The molecule has 0 aliphatic heterocycles. The standard InChI is InChI=1S/C11H12IN3S/c1-2-4-7-9(12)10(13)15-11(14-7)8-5-3-6-16-8/h3,5-6H,2,4H2,1H3,(H2,13,14,15).